The predicted molar refractivity (Wildman–Crippen MR) is 90.1 cm³/mol. The lowest BCUT2D eigenvalue weighted by molar-refractivity contribution is 0.299. The number of aromatic hydroxyl groups is 1. The van der Waals surface area contributed by atoms with Crippen LogP contribution in [0.3, 0.4) is 0 Å². The van der Waals surface area contributed by atoms with Crippen LogP contribution in [0.15, 0.2) is 65.7 Å². The Kier molecular flexibility index (Phi) is 4.17. The van der Waals surface area contributed by atoms with Crippen LogP contribution in [-0.2, 0) is 6.42 Å². The Hall–Kier alpha value is -2.65. The fourth-order valence-electron chi connectivity index (χ4n) is 2.44. The second kappa shape index (κ2) is 6.41. The number of hydrogen-bond donors (Lipinski definition) is 2. The van der Waals surface area contributed by atoms with Crippen LogP contribution in [0.2, 0.25) is 0 Å². The minimum absolute atomic E-state index is 0.145. The summed E-state index contributed by atoms with van der Waals surface area (Å²) in [6, 6.07) is 19.2. The Morgan fingerprint density at radius 2 is 1.68 bits per heavy atom. The van der Waals surface area contributed by atoms with Crippen LogP contribution in [0.1, 0.15) is 11.1 Å². The molecule has 3 aromatic rings. The number of nitrogens with zero attached hydrogens (tertiary/aromatic N) is 1. The van der Waals surface area contributed by atoms with Gasteiger partial charge in [-0.2, -0.15) is 0 Å². The summed E-state index contributed by atoms with van der Waals surface area (Å²) in [5.41, 5.74) is 2.61. The van der Waals surface area contributed by atoms with Crippen LogP contribution in [-0.4, -0.2) is 23.0 Å². The van der Waals surface area contributed by atoms with E-state index in [0.29, 0.717) is 6.42 Å². The molecular weight excluding hydrogens is 274 g/mol. The smallest absolute Gasteiger partial charge is 0.124 e. The molecule has 0 aromatic heterocycles. The lowest BCUT2D eigenvalue weighted by Gasteiger charge is -2.04. The molecule has 3 rings (SSSR count). The Morgan fingerprint density at radius 3 is 2.45 bits per heavy atom. The maximum absolute atomic E-state index is 10.1. The van der Waals surface area contributed by atoms with Crippen molar-refractivity contribution < 1.29 is 10.2 Å². The van der Waals surface area contributed by atoms with Gasteiger partial charge in [0.15, 0.2) is 0 Å². The van der Waals surface area contributed by atoms with Crippen LogP contribution >= 0.6 is 0 Å². The number of rotatable bonds is 4. The van der Waals surface area contributed by atoms with E-state index in [4.69, 9.17) is 5.11 Å². The van der Waals surface area contributed by atoms with Gasteiger partial charge >= 0.3 is 0 Å². The first-order valence-corrected chi connectivity index (χ1v) is 7.22. The summed E-state index contributed by atoms with van der Waals surface area (Å²) in [7, 11) is 0. The van der Waals surface area contributed by atoms with E-state index < -0.39 is 0 Å². The number of phenols is 1. The highest BCUT2D eigenvalue weighted by Gasteiger charge is 2.04. The normalized spacial score (nSPS) is 11.3. The summed E-state index contributed by atoms with van der Waals surface area (Å²) in [5.74, 6) is 0.222. The van der Waals surface area contributed by atoms with Crippen molar-refractivity contribution in [2.45, 2.75) is 6.42 Å². The van der Waals surface area contributed by atoms with Gasteiger partial charge in [0.1, 0.15) is 5.75 Å². The Morgan fingerprint density at radius 1 is 0.909 bits per heavy atom. The molecule has 0 unspecified atom stereocenters. The highest BCUT2D eigenvalue weighted by Crippen LogP contribution is 2.26. The van der Waals surface area contributed by atoms with Gasteiger partial charge in [0, 0.05) is 18.4 Å². The quantitative estimate of drug-likeness (QED) is 0.718. The van der Waals surface area contributed by atoms with Crippen molar-refractivity contribution in [3.05, 3.63) is 71.8 Å². The van der Waals surface area contributed by atoms with Gasteiger partial charge in [0.25, 0.3) is 0 Å². The summed E-state index contributed by atoms with van der Waals surface area (Å²) >= 11 is 0. The van der Waals surface area contributed by atoms with Crippen molar-refractivity contribution in [3.63, 3.8) is 0 Å². The summed E-state index contributed by atoms with van der Waals surface area (Å²) < 4.78 is 0. The van der Waals surface area contributed by atoms with Gasteiger partial charge < -0.3 is 10.2 Å². The van der Waals surface area contributed by atoms with Gasteiger partial charge in [-0.05, 0) is 41.0 Å². The zero-order valence-corrected chi connectivity index (χ0v) is 12.1. The average Bonchev–Trinajstić information content (AvgIpc) is 2.56. The van der Waals surface area contributed by atoms with Crippen molar-refractivity contribution in [1.82, 2.24) is 0 Å². The molecule has 3 nitrogen and oxygen atoms in total. The van der Waals surface area contributed by atoms with Crippen LogP contribution in [0, 0.1) is 0 Å². The number of aliphatic imine (C=N–C) groups is 1. The van der Waals surface area contributed by atoms with Gasteiger partial charge in [0.2, 0.25) is 0 Å². The molecule has 0 amide bonds. The third-order valence-electron chi connectivity index (χ3n) is 3.63. The highest BCUT2D eigenvalue weighted by atomic mass is 16.3. The third kappa shape index (κ3) is 3.00. The second-order valence-corrected chi connectivity index (χ2v) is 5.12. The lowest BCUT2D eigenvalue weighted by atomic mass is 10.0. The molecule has 3 aromatic carbocycles. The first kappa shape index (κ1) is 14.3. The minimum atomic E-state index is 0.145. The Bertz CT molecular complexity index is 807. The molecule has 22 heavy (non-hydrogen) atoms. The molecule has 0 aliphatic carbocycles. The molecule has 0 spiro atoms. The van der Waals surface area contributed by atoms with Crippen molar-refractivity contribution in [2.75, 3.05) is 6.61 Å². The molecule has 0 heterocycles. The fraction of sp³-hybridized carbons (Fsp3) is 0.105. The molecule has 2 N–H and O–H groups in total. The standard InChI is InChI=1S/C19H17NO2/c21-12-11-14-5-8-16(9-6-14)20-13-18-17-4-2-1-3-15(17)7-10-19(18)22/h1-10,13,21-22H,11-12H2. The van der Waals surface area contributed by atoms with E-state index >= 15 is 0 Å². The number of phenolic OH excluding ortho intramolecular Hbond substituents is 1. The predicted octanol–water partition coefficient (Wildman–Crippen LogP) is 3.83. The van der Waals surface area contributed by atoms with Crippen molar-refractivity contribution in [3.8, 4) is 5.75 Å². The third-order valence-corrected chi connectivity index (χ3v) is 3.63. The summed E-state index contributed by atoms with van der Waals surface area (Å²) in [6.07, 6.45) is 2.34. The molecule has 0 saturated heterocycles. The molecule has 0 atom stereocenters. The number of hydrogen-bond acceptors (Lipinski definition) is 3. The maximum Gasteiger partial charge on any atom is 0.124 e. The molecule has 3 heteroatoms. The van der Waals surface area contributed by atoms with E-state index in [-0.39, 0.29) is 12.4 Å². The zero-order chi connectivity index (χ0) is 15.4. The number of fused-ring (bicyclic) bond motifs is 1. The van der Waals surface area contributed by atoms with E-state index in [0.717, 1.165) is 27.6 Å². The fourth-order valence-corrected chi connectivity index (χ4v) is 2.44. The van der Waals surface area contributed by atoms with Gasteiger partial charge in [-0.15, -0.1) is 0 Å². The SMILES string of the molecule is OCCc1ccc(N=Cc2c(O)ccc3ccccc23)cc1. The van der Waals surface area contributed by atoms with E-state index in [1.165, 1.54) is 0 Å². The van der Waals surface area contributed by atoms with E-state index in [1.54, 1.807) is 12.3 Å². The van der Waals surface area contributed by atoms with Gasteiger partial charge in [0.05, 0.1) is 5.69 Å². The average molecular weight is 291 g/mol. The first-order valence-electron chi connectivity index (χ1n) is 7.22. The Balaban J connectivity index is 1.93. The maximum atomic E-state index is 10.1. The molecule has 0 fully saturated rings. The first-order chi connectivity index (χ1) is 10.8. The van der Waals surface area contributed by atoms with Gasteiger partial charge in [-0.1, -0.05) is 42.5 Å². The topological polar surface area (TPSA) is 52.8 Å². The zero-order valence-electron chi connectivity index (χ0n) is 12.1. The summed E-state index contributed by atoms with van der Waals surface area (Å²) in [6.45, 7) is 0.145. The lowest BCUT2D eigenvalue weighted by Crippen LogP contribution is -1.89. The largest absolute Gasteiger partial charge is 0.507 e. The van der Waals surface area contributed by atoms with E-state index in [1.807, 2.05) is 54.6 Å². The minimum Gasteiger partial charge on any atom is -0.507 e. The number of benzene rings is 3. The monoisotopic (exact) mass is 291 g/mol. The highest BCUT2D eigenvalue weighted by molar-refractivity contribution is 6.02. The van der Waals surface area contributed by atoms with Crippen molar-refractivity contribution in [2.24, 2.45) is 4.99 Å². The number of aliphatic hydroxyl groups is 1. The van der Waals surface area contributed by atoms with Gasteiger partial charge in [-0.3, -0.25) is 4.99 Å². The number of aliphatic hydroxyl groups excluding tert-OH is 1. The van der Waals surface area contributed by atoms with Crippen LogP contribution in [0.4, 0.5) is 5.69 Å². The molecule has 110 valence electrons. The summed E-state index contributed by atoms with van der Waals surface area (Å²) in [5, 5.41) is 21.0. The van der Waals surface area contributed by atoms with E-state index in [9.17, 15) is 5.11 Å². The Labute approximate surface area is 129 Å². The van der Waals surface area contributed by atoms with Crippen LogP contribution in [0.25, 0.3) is 10.8 Å². The van der Waals surface area contributed by atoms with Crippen molar-refractivity contribution in [1.29, 1.82) is 0 Å². The van der Waals surface area contributed by atoms with Gasteiger partial charge in [-0.25, -0.2) is 0 Å². The van der Waals surface area contributed by atoms with Crippen molar-refractivity contribution >= 4 is 22.7 Å². The van der Waals surface area contributed by atoms with Crippen LogP contribution in [0.5, 0.6) is 5.75 Å². The van der Waals surface area contributed by atoms with E-state index in [2.05, 4.69) is 4.99 Å². The molecule has 0 aliphatic rings. The molecule has 0 saturated carbocycles. The van der Waals surface area contributed by atoms with Crippen LogP contribution < -0.4 is 0 Å². The summed E-state index contributed by atoms with van der Waals surface area (Å²) in [4.78, 5) is 4.44. The molecule has 0 radical (unpaired) electrons. The molecule has 0 aliphatic heterocycles. The second-order valence-electron chi connectivity index (χ2n) is 5.12. The molecule has 0 bridgehead atoms. The molecular formula is C19H17NO2.